The molecule has 0 aliphatic rings. The van der Waals surface area contributed by atoms with Gasteiger partial charge in [0.1, 0.15) is 6.61 Å². The topological polar surface area (TPSA) is 30.5 Å². The van der Waals surface area contributed by atoms with Gasteiger partial charge in [0.2, 0.25) is 0 Å². The number of rotatable bonds is 8. The normalized spacial score (nSPS) is 10.2. The van der Waals surface area contributed by atoms with Gasteiger partial charge in [-0.25, -0.2) is 0 Å². The lowest BCUT2D eigenvalue weighted by Crippen LogP contribution is -2.13. The van der Waals surface area contributed by atoms with Crippen molar-refractivity contribution in [2.24, 2.45) is 0 Å². The van der Waals surface area contributed by atoms with Gasteiger partial charge in [0.25, 0.3) is 0 Å². The van der Waals surface area contributed by atoms with E-state index >= 15 is 0 Å². The summed E-state index contributed by atoms with van der Waals surface area (Å²) in [6.45, 7) is 6.58. The maximum Gasteiger partial charge on any atom is 0.166 e. The zero-order valence-corrected chi connectivity index (χ0v) is 16.1. The van der Waals surface area contributed by atoms with Crippen LogP contribution < -0.4 is 14.8 Å². The number of hydrogen-bond donors (Lipinski definition) is 1. The summed E-state index contributed by atoms with van der Waals surface area (Å²) < 4.78 is 11.7. The van der Waals surface area contributed by atoms with Crippen molar-refractivity contribution in [3.05, 3.63) is 57.6 Å². The van der Waals surface area contributed by atoms with Gasteiger partial charge >= 0.3 is 0 Å². The largest absolute Gasteiger partial charge is 0.490 e. The Balaban J connectivity index is 0.00000288. The van der Waals surface area contributed by atoms with Crippen LogP contribution in [-0.4, -0.2) is 13.2 Å². The van der Waals surface area contributed by atoms with Crippen molar-refractivity contribution in [1.82, 2.24) is 5.32 Å². The molecule has 132 valence electrons. The highest BCUT2D eigenvalue weighted by molar-refractivity contribution is 6.35. The average molecular weight is 391 g/mol. The van der Waals surface area contributed by atoms with Gasteiger partial charge in [0.05, 0.1) is 6.61 Å². The fourth-order valence-corrected chi connectivity index (χ4v) is 2.64. The molecule has 0 aliphatic heterocycles. The van der Waals surface area contributed by atoms with Crippen LogP contribution in [0.5, 0.6) is 11.5 Å². The first-order valence-electron chi connectivity index (χ1n) is 7.67. The maximum absolute atomic E-state index is 6.21. The second-order valence-electron chi connectivity index (χ2n) is 4.98. The number of para-hydroxylation sites is 1. The van der Waals surface area contributed by atoms with E-state index in [4.69, 9.17) is 32.7 Å². The second kappa shape index (κ2) is 10.7. The highest BCUT2D eigenvalue weighted by Crippen LogP contribution is 2.33. The van der Waals surface area contributed by atoms with E-state index in [-0.39, 0.29) is 12.4 Å². The molecular formula is C18H22Cl3NO2. The lowest BCUT2D eigenvalue weighted by atomic mass is 10.1. The summed E-state index contributed by atoms with van der Waals surface area (Å²) in [7, 11) is 0. The van der Waals surface area contributed by atoms with E-state index < -0.39 is 0 Å². The quantitative estimate of drug-likeness (QED) is 0.645. The molecule has 3 nitrogen and oxygen atoms in total. The van der Waals surface area contributed by atoms with E-state index in [0.29, 0.717) is 23.3 Å². The average Bonchev–Trinajstić information content (AvgIpc) is 2.53. The Bertz CT molecular complexity index is 650. The van der Waals surface area contributed by atoms with E-state index in [1.807, 2.05) is 31.2 Å². The zero-order chi connectivity index (χ0) is 16.7. The lowest BCUT2D eigenvalue weighted by molar-refractivity contribution is 0.266. The Morgan fingerprint density at radius 1 is 1.00 bits per heavy atom. The van der Waals surface area contributed by atoms with Gasteiger partial charge in [0.15, 0.2) is 11.5 Å². The first-order chi connectivity index (χ1) is 11.2. The van der Waals surface area contributed by atoms with Crippen LogP contribution in [-0.2, 0) is 13.2 Å². The summed E-state index contributed by atoms with van der Waals surface area (Å²) in [6, 6.07) is 11.3. The number of nitrogens with one attached hydrogen (secondary N) is 1. The van der Waals surface area contributed by atoms with Crippen LogP contribution in [0, 0.1) is 0 Å². The minimum atomic E-state index is 0. The summed E-state index contributed by atoms with van der Waals surface area (Å²) >= 11 is 12.1. The fourth-order valence-electron chi connectivity index (χ4n) is 2.18. The Hall–Kier alpha value is -1.13. The standard InChI is InChI=1S/C18H21Cl2NO2.ClH/c1-3-21-11-13-6-5-7-17(22-4-2)18(13)23-12-14-8-9-15(19)10-16(14)20;/h5-10,21H,3-4,11-12H2,1-2H3;1H. The van der Waals surface area contributed by atoms with Crippen molar-refractivity contribution >= 4 is 35.6 Å². The van der Waals surface area contributed by atoms with E-state index in [1.165, 1.54) is 0 Å². The van der Waals surface area contributed by atoms with Crippen LogP contribution in [0.4, 0.5) is 0 Å². The van der Waals surface area contributed by atoms with Gasteiger partial charge in [-0.15, -0.1) is 12.4 Å². The van der Waals surface area contributed by atoms with Gasteiger partial charge in [-0.3, -0.25) is 0 Å². The zero-order valence-electron chi connectivity index (χ0n) is 13.8. The first-order valence-corrected chi connectivity index (χ1v) is 8.43. The van der Waals surface area contributed by atoms with Crippen LogP contribution >= 0.6 is 35.6 Å². The molecule has 0 atom stereocenters. The van der Waals surface area contributed by atoms with Gasteiger partial charge in [-0.1, -0.05) is 48.3 Å². The third-order valence-electron chi connectivity index (χ3n) is 3.31. The Morgan fingerprint density at radius 2 is 1.79 bits per heavy atom. The monoisotopic (exact) mass is 389 g/mol. The van der Waals surface area contributed by atoms with Crippen LogP contribution in [0.15, 0.2) is 36.4 Å². The lowest BCUT2D eigenvalue weighted by Gasteiger charge is -2.16. The van der Waals surface area contributed by atoms with Crippen LogP contribution in [0.1, 0.15) is 25.0 Å². The number of ether oxygens (including phenoxy) is 2. The molecule has 0 spiro atoms. The molecule has 0 amide bonds. The first kappa shape index (κ1) is 20.9. The molecule has 0 radical (unpaired) electrons. The van der Waals surface area contributed by atoms with Gasteiger partial charge < -0.3 is 14.8 Å². The highest BCUT2D eigenvalue weighted by atomic mass is 35.5. The molecular weight excluding hydrogens is 369 g/mol. The molecule has 6 heteroatoms. The molecule has 0 bridgehead atoms. The second-order valence-corrected chi connectivity index (χ2v) is 5.83. The van der Waals surface area contributed by atoms with Crippen molar-refractivity contribution in [2.75, 3.05) is 13.2 Å². The summed E-state index contributed by atoms with van der Waals surface area (Å²) in [5.74, 6) is 1.49. The van der Waals surface area contributed by atoms with E-state index in [9.17, 15) is 0 Å². The number of halogens is 3. The van der Waals surface area contributed by atoms with Gasteiger partial charge in [-0.05, 0) is 31.7 Å². The molecule has 0 heterocycles. The summed E-state index contributed by atoms with van der Waals surface area (Å²) in [5.41, 5.74) is 1.94. The smallest absolute Gasteiger partial charge is 0.166 e. The third-order valence-corrected chi connectivity index (χ3v) is 3.90. The van der Waals surface area contributed by atoms with E-state index in [1.54, 1.807) is 12.1 Å². The third kappa shape index (κ3) is 5.75. The Labute approximate surface area is 159 Å². The Kier molecular flexibility index (Phi) is 9.30. The minimum Gasteiger partial charge on any atom is -0.490 e. The fraction of sp³-hybridized carbons (Fsp3) is 0.333. The predicted molar refractivity (Wildman–Crippen MR) is 103 cm³/mol. The molecule has 0 unspecified atom stereocenters. The highest BCUT2D eigenvalue weighted by Gasteiger charge is 2.12. The van der Waals surface area contributed by atoms with Gasteiger partial charge in [0, 0.05) is 27.7 Å². The molecule has 0 aromatic heterocycles. The summed E-state index contributed by atoms with van der Waals surface area (Å²) in [5, 5.41) is 4.52. The molecule has 24 heavy (non-hydrogen) atoms. The van der Waals surface area contributed by atoms with Crippen LogP contribution in [0.25, 0.3) is 0 Å². The number of hydrogen-bond acceptors (Lipinski definition) is 3. The summed E-state index contributed by atoms with van der Waals surface area (Å²) in [6.07, 6.45) is 0. The van der Waals surface area contributed by atoms with Crippen molar-refractivity contribution in [1.29, 1.82) is 0 Å². The molecule has 0 saturated heterocycles. The minimum absolute atomic E-state index is 0. The van der Waals surface area contributed by atoms with Crippen LogP contribution in [0.2, 0.25) is 10.0 Å². The van der Waals surface area contributed by atoms with Crippen molar-refractivity contribution < 1.29 is 9.47 Å². The predicted octanol–water partition coefficient (Wildman–Crippen LogP) is 5.50. The van der Waals surface area contributed by atoms with Gasteiger partial charge in [-0.2, -0.15) is 0 Å². The van der Waals surface area contributed by atoms with Crippen molar-refractivity contribution in [3.8, 4) is 11.5 Å². The van der Waals surface area contributed by atoms with Crippen molar-refractivity contribution in [3.63, 3.8) is 0 Å². The molecule has 1 N–H and O–H groups in total. The molecule has 2 aromatic carbocycles. The van der Waals surface area contributed by atoms with Crippen molar-refractivity contribution in [2.45, 2.75) is 27.0 Å². The number of benzene rings is 2. The van der Waals surface area contributed by atoms with Crippen LogP contribution in [0.3, 0.4) is 0 Å². The molecule has 0 aliphatic carbocycles. The summed E-state index contributed by atoms with van der Waals surface area (Å²) in [4.78, 5) is 0. The maximum atomic E-state index is 6.21. The molecule has 0 fully saturated rings. The van der Waals surface area contributed by atoms with E-state index in [2.05, 4.69) is 12.2 Å². The molecule has 0 saturated carbocycles. The SMILES string of the molecule is CCNCc1cccc(OCC)c1OCc1ccc(Cl)cc1Cl.Cl. The van der Waals surface area contributed by atoms with E-state index in [0.717, 1.165) is 35.7 Å². The Morgan fingerprint density at radius 3 is 2.46 bits per heavy atom. The molecule has 2 rings (SSSR count). The molecule has 2 aromatic rings.